The van der Waals surface area contributed by atoms with Gasteiger partial charge in [0.05, 0.1) is 13.2 Å². The van der Waals surface area contributed by atoms with Crippen LogP contribution in [0.5, 0.6) is 0 Å². The quantitative estimate of drug-likeness (QED) is 0.913. The smallest absolute Gasteiger partial charge is 0.225 e. The molecule has 1 saturated heterocycles. The third-order valence-electron chi connectivity index (χ3n) is 4.98. The Hall–Kier alpha value is -1.39. The van der Waals surface area contributed by atoms with Gasteiger partial charge < -0.3 is 15.4 Å². The summed E-state index contributed by atoms with van der Waals surface area (Å²) in [5.74, 6) is 0.386. The number of rotatable bonds is 2. The number of carbonyl (C=O) groups excluding carboxylic acids is 1. The molecule has 4 nitrogen and oxygen atoms in total. The third kappa shape index (κ3) is 3.33. The Morgan fingerprint density at radius 3 is 2.91 bits per heavy atom. The van der Waals surface area contributed by atoms with E-state index in [2.05, 4.69) is 19.1 Å². The van der Waals surface area contributed by atoms with E-state index < -0.39 is 0 Å². The first-order valence-electron chi connectivity index (χ1n) is 8.36. The van der Waals surface area contributed by atoms with Gasteiger partial charge in [-0.1, -0.05) is 30.7 Å². The van der Waals surface area contributed by atoms with E-state index in [1.165, 1.54) is 11.1 Å². The number of hydrogen-bond donors (Lipinski definition) is 1. The second-order valence-electron chi connectivity index (χ2n) is 6.62. The molecular weight excluding hydrogens is 276 g/mol. The number of hydrogen-bond acceptors (Lipinski definition) is 3. The molecule has 1 heterocycles. The molecule has 3 rings (SSSR count). The highest BCUT2D eigenvalue weighted by Crippen LogP contribution is 2.29. The van der Waals surface area contributed by atoms with Crippen LogP contribution in [0.2, 0.25) is 0 Å². The van der Waals surface area contributed by atoms with Crippen LogP contribution < -0.4 is 5.73 Å². The van der Waals surface area contributed by atoms with Gasteiger partial charge in [0.1, 0.15) is 6.10 Å². The molecule has 2 aliphatic rings. The van der Waals surface area contributed by atoms with Gasteiger partial charge in [0.15, 0.2) is 0 Å². The van der Waals surface area contributed by atoms with Crippen molar-refractivity contribution in [2.75, 3.05) is 19.7 Å². The van der Waals surface area contributed by atoms with E-state index in [-0.39, 0.29) is 24.0 Å². The van der Waals surface area contributed by atoms with Gasteiger partial charge >= 0.3 is 0 Å². The van der Waals surface area contributed by atoms with Crippen LogP contribution in [0.4, 0.5) is 0 Å². The highest BCUT2D eigenvalue weighted by atomic mass is 16.5. The zero-order valence-corrected chi connectivity index (χ0v) is 13.3. The van der Waals surface area contributed by atoms with Crippen LogP contribution in [0.15, 0.2) is 24.3 Å². The SMILES string of the molecule is Cc1ccccc1[C@@H]1CN(C(=O)[C@@H]2CCC[C@@H](N)C2)CCO1. The summed E-state index contributed by atoms with van der Waals surface area (Å²) in [7, 11) is 0. The van der Waals surface area contributed by atoms with E-state index in [9.17, 15) is 4.79 Å². The zero-order valence-electron chi connectivity index (χ0n) is 13.3. The van der Waals surface area contributed by atoms with Gasteiger partial charge in [0.25, 0.3) is 0 Å². The van der Waals surface area contributed by atoms with Gasteiger partial charge in [0, 0.05) is 18.5 Å². The van der Waals surface area contributed by atoms with Gasteiger partial charge in [-0.15, -0.1) is 0 Å². The molecule has 0 aromatic heterocycles. The maximum absolute atomic E-state index is 12.8. The van der Waals surface area contributed by atoms with E-state index in [4.69, 9.17) is 10.5 Å². The van der Waals surface area contributed by atoms with Crippen LogP contribution in [0.25, 0.3) is 0 Å². The fourth-order valence-corrected chi connectivity index (χ4v) is 3.70. The molecule has 0 unspecified atom stereocenters. The number of carbonyl (C=O) groups is 1. The topological polar surface area (TPSA) is 55.6 Å². The number of nitrogens with two attached hydrogens (primary N) is 1. The number of morpholine rings is 1. The molecule has 0 spiro atoms. The minimum atomic E-state index is -0.00355. The molecule has 0 radical (unpaired) electrons. The first-order valence-corrected chi connectivity index (χ1v) is 8.36. The molecule has 120 valence electrons. The molecule has 3 atom stereocenters. The standard InChI is InChI=1S/C18H26N2O2/c1-13-5-2-3-8-16(13)17-12-20(9-10-22-17)18(21)14-6-4-7-15(19)11-14/h2-3,5,8,14-15,17H,4,6-7,9-12,19H2,1H3/t14-,15-,17+/m1/s1. The molecule has 22 heavy (non-hydrogen) atoms. The molecule has 1 amide bonds. The number of aryl methyl sites for hydroxylation is 1. The predicted molar refractivity (Wildman–Crippen MR) is 86.4 cm³/mol. The molecule has 1 aromatic carbocycles. The van der Waals surface area contributed by atoms with E-state index in [1.807, 2.05) is 17.0 Å². The molecule has 1 aliphatic carbocycles. The van der Waals surface area contributed by atoms with E-state index >= 15 is 0 Å². The van der Waals surface area contributed by atoms with Crippen molar-refractivity contribution in [2.24, 2.45) is 11.7 Å². The Kier molecular flexibility index (Phi) is 4.79. The highest BCUT2D eigenvalue weighted by molar-refractivity contribution is 5.79. The van der Waals surface area contributed by atoms with Gasteiger partial charge in [0.2, 0.25) is 5.91 Å². The molecule has 1 saturated carbocycles. The van der Waals surface area contributed by atoms with Gasteiger partial charge in [-0.25, -0.2) is 0 Å². The van der Waals surface area contributed by atoms with Crippen LogP contribution in [0, 0.1) is 12.8 Å². The average Bonchev–Trinajstić information content (AvgIpc) is 2.55. The van der Waals surface area contributed by atoms with Crippen molar-refractivity contribution >= 4 is 5.91 Å². The molecule has 4 heteroatoms. The van der Waals surface area contributed by atoms with Gasteiger partial charge in [-0.3, -0.25) is 4.79 Å². The van der Waals surface area contributed by atoms with Crippen LogP contribution in [-0.2, 0) is 9.53 Å². The summed E-state index contributed by atoms with van der Waals surface area (Å²) in [6.07, 6.45) is 3.95. The summed E-state index contributed by atoms with van der Waals surface area (Å²) in [6, 6.07) is 8.46. The fourth-order valence-electron chi connectivity index (χ4n) is 3.70. The summed E-state index contributed by atoms with van der Waals surface area (Å²) in [6.45, 7) is 4.07. The van der Waals surface area contributed by atoms with Gasteiger partial charge in [-0.05, 0) is 37.3 Å². The normalized spacial score (nSPS) is 29.4. The maximum atomic E-state index is 12.8. The lowest BCUT2D eigenvalue weighted by Gasteiger charge is -2.37. The Bertz CT molecular complexity index is 532. The van der Waals surface area contributed by atoms with Crippen molar-refractivity contribution in [2.45, 2.75) is 44.8 Å². The van der Waals surface area contributed by atoms with Crippen molar-refractivity contribution < 1.29 is 9.53 Å². The minimum Gasteiger partial charge on any atom is -0.370 e. The van der Waals surface area contributed by atoms with E-state index in [1.54, 1.807) is 0 Å². The number of amides is 1. The molecule has 2 fully saturated rings. The van der Waals surface area contributed by atoms with E-state index in [0.717, 1.165) is 25.7 Å². The van der Waals surface area contributed by atoms with Gasteiger partial charge in [-0.2, -0.15) is 0 Å². The first kappa shape index (κ1) is 15.5. The summed E-state index contributed by atoms with van der Waals surface area (Å²) >= 11 is 0. The van der Waals surface area contributed by atoms with Crippen LogP contribution >= 0.6 is 0 Å². The van der Waals surface area contributed by atoms with Crippen molar-refractivity contribution in [3.63, 3.8) is 0 Å². The molecule has 1 aromatic rings. The van der Waals surface area contributed by atoms with Crippen molar-refractivity contribution in [1.29, 1.82) is 0 Å². The second-order valence-corrected chi connectivity index (χ2v) is 6.62. The molecule has 1 aliphatic heterocycles. The Morgan fingerprint density at radius 2 is 2.14 bits per heavy atom. The van der Waals surface area contributed by atoms with Crippen molar-refractivity contribution in [3.8, 4) is 0 Å². The molecule has 0 bridgehead atoms. The van der Waals surface area contributed by atoms with Crippen molar-refractivity contribution in [3.05, 3.63) is 35.4 Å². The number of ether oxygens (including phenoxy) is 1. The summed E-state index contributed by atoms with van der Waals surface area (Å²) in [5.41, 5.74) is 8.45. The van der Waals surface area contributed by atoms with Crippen LogP contribution in [-0.4, -0.2) is 36.5 Å². The molecular formula is C18H26N2O2. The van der Waals surface area contributed by atoms with Crippen LogP contribution in [0.1, 0.15) is 42.9 Å². The Labute approximate surface area is 132 Å². The lowest BCUT2D eigenvalue weighted by atomic mass is 9.85. The fraction of sp³-hybridized carbons (Fsp3) is 0.611. The largest absolute Gasteiger partial charge is 0.370 e. The third-order valence-corrected chi connectivity index (χ3v) is 4.98. The summed E-state index contributed by atoms with van der Waals surface area (Å²) in [4.78, 5) is 14.8. The first-order chi connectivity index (χ1) is 10.6. The Morgan fingerprint density at radius 1 is 1.32 bits per heavy atom. The lowest BCUT2D eigenvalue weighted by Crippen LogP contribution is -2.46. The molecule has 2 N–H and O–H groups in total. The minimum absolute atomic E-state index is 0.00355. The summed E-state index contributed by atoms with van der Waals surface area (Å²) < 4.78 is 5.92. The average molecular weight is 302 g/mol. The highest BCUT2D eigenvalue weighted by Gasteiger charge is 2.32. The number of benzene rings is 1. The summed E-state index contributed by atoms with van der Waals surface area (Å²) in [5, 5.41) is 0. The predicted octanol–water partition coefficient (Wildman–Crippen LogP) is 2.41. The van der Waals surface area contributed by atoms with Crippen LogP contribution in [0.3, 0.4) is 0 Å². The Balaban J connectivity index is 1.68. The number of nitrogens with zero attached hydrogens (tertiary/aromatic N) is 1. The monoisotopic (exact) mass is 302 g/mol. The lowest BCUT2D eigenvalue weighted by molar-refractivity contribution is -0.144. The second kappa shape index (κ2) is 6.80. The van der Waals surface area contributed by atoms with Crippen molar-refractivity contribution in [1.82, 2.24) is 4.90 Å². The maximum Gasteiger partial charge on any atom is 0.225 e. The van der Waals surface area contributed by atoms with E-state index in [0.29, 0.717) is 19.7 Å². The zero-order chi connectivity index (χ0) is 15.5.